The van der Waals surface area contributed by atoms with Gasteiger partial charge in [0.1, 0.15) is 21.5 Å². The maximum absolute atomic E-state index is 9.47. The van der Waals surface area contributed by atoms with Crippen molar-refractivity contribution in [1.29, 1.82) is 0 Å². The van der Waals surface area contributed by atoms with E-state index in [0.29, 0.717) is 18.8 Å². The molecule has 0 radical (unpaired) electrons. The fraction of sp³-hybridized carbons (Fsp3) is 0.400. The van der Waals surface area contributed by atoms with Crippen LogP contribution in [0.15, 0.2) is 6.07 Å². The molecule has 1 atom stereocenters. The minimum atomic E-state index is -0.333. The second-order valence-electron chi connectivity index (χ2n) is 3.22. The van der Waals surface area contributed by atoms with Gasteiger partial charge in [0.2, 0.25) is 6.29 Å². The molecular weight excluding hydrogens is 239 g/mol. The van der Waals surface area contributed by atoms with Crippen LogP contribution in [0.4, 0.5) is 0 Å². The minimum absolute atomic E-state index is 0.0267. The third-order valence-electron chi connectivity index (χ3n) is 2.21. The molecule has 1 aromatic rings. The summed E-state index contributed by atoms with van der Waals surface area (Å²) in [7, 11) is 0. The van der Waals surface area contributed by atoms with E-state index in [1.165, 1.54) is 0 Å². The first-order valence-electron chi connectivity index (χ1n) is 4.61. The van der Waals surface area contributed by atoms with Crippen LogP contribution in [0, 0.1) is 0 Å². The van der Waals surface area contributed by atoms with Crippen LogP contribution >= 0.6 is 23.2 Å². The van der Waals surface area contributed by atoms with Crippen LogP contribution in [0.2, 0.25) is 10.0 Å². The lowest BCUT2D eigenvalue weighted by atomic mass is 10.1. The first-order chi connectivity index (χ1) is 7.13. The molecule has 0 amide bonds. The summed E-state index contributed by atoms with van der Waals surface area (Å²) in [6.45, 7) is 2.45. The van der Waals surface area contributed by atoms with E-state index in [4.69, 9.17) is 32.7 Å². The van der Waals surface area contributed by atoms with Crippen molar-refractivity contribution < 1.29 is 14.6 Å². The highest BCUT2D eigenvalue weighted by atomic mass is 35.5. The zero-order valence-electron chi connectivity index (χ0n) is 8.09. The molecule has 1 heterocycles. The number of phenols is 1. The second-order valence-corrected chi connectivity index (χ2v) is 3.97. The van der Waals surface area contributed by atoms with Crippen molar-refractivity contribution in [2.75, 3.05) is 6.61 Å². The van der Waals surface area contributed by atoms with Gasteiger partial charge in [-0.1, -0.05) is 23.2 Å². The van der Waals surface area contributed by atoms with Crippen molar-refractivity contribution in [3.8, 4) is 11.5 Å². The molecule has 1 unspecified atom stereocenters. The molecule has 3 nitrogen and oxygen atoms in total. The smallest absolute Gasteiger partial charge is 0.204 e. The van der Waals surface area contributed by atoms with Crippen LogP contribution < -0.4 is 4.74 Å². The van der Waals surface area contributed by atoms with E-state index in [-0.39, 0.29) is 22.1 Å². The van der Waals surface area contributed by atoms with Gasteiger partial charge in [0.05, 0.1) is 0 Å². The van der Waals surface area contributed by atoms with Crippen LogP contribution in [-0.4, -0.2) is 18.0 Å². The van der Waals surface area contributed by atoms with E-state index >= 15 is 0 Å². The van der Waals surface area contributed by atoms with E-state index < -0.39 is 0 Å². The molecule has 1 N–H and O–H groups in total. The number of rotatable bonds is 2. The summed E-state index contributed by atoms with van der Waals surface area (Å²) in [6, 6.07) is 1.56. The zero-order valence-corrected chi connectivity index (χ0v) is 9.60. The van der Waals surface area contributed by atoms with Gasteiger partial charge in [-0.05, 0) is 13.0 Å². The normalized spacial score (nSPS) is 18.7. The van der Waals surface area contributed by atoms with Gasteiger partial charge < -0.3 is 14.6 Å². The first kappa shape index (κ1) is 10.9. The molecule has 1 aliphatic heterocycles. The van der Waals surface area contributed by atoms with E-state index in [1.54, 1.807) is 6.07 Å². The molecule has 0 bridgehead atoms. The number of hydrogen-bond acceptors (Lipinski definition) is 3. The average Bonchev–Trinajstić information content (AvgIpc) is 2.58. The summed E-state index contributed by atoms with van der Waals surface area (Å²) < 4.78 is 10.8. The number of halogens is 2. The zero-order chi connectivity index (χ0) is 11.0. The third-order valence-corrected chi connectivity index (χ3v) is 3.05. The fourth-order valence-corrected chi connectivity index (χ4v) is 1.96. The Morgan fingerprint density at radius 3 is 2.93 bits per heavy atom. The topological polar surface area (TPSA) is 38.7 Å². The van der Waals surface area contributed by atoms with Crippen molar-refractivity contribution in [3.63, 3.8) is 0 Å². The van der Waals surface area contributed by atoms with E-state index in [0.717, 1.165) is 5.56 Å². The predicted octanol–water partition coefficient (Wildman–Crippen LogP) is 3.00. The van der Waals surface area contributed by atoms with Crippen molar-refractivity contribution in [2.45, 2.75) is 19.6 Å². The summed E-state index contributed by atoms with van der Waals surface area (Å²) >= 11 is 11.7. The lowest BCUT2D eigenvalue weighted by Crippen LogP contribution is -2.17. The molecule has 0 aromatic heterocycles. The third kappa shape index (κ3) is 1.87. The van der Waals surface area contributed by atoms with Crippen LogP contribution in [0.5, 0.6) is 11.5 Å². The van der Waals surface area contributed by atoms with Gasteiger partial charge in [-0.2, -0.15) is 0 Å². The number of benzene rings is 1. The minimum Gasteiger partial charge on any atom is -0.506 e. The molecule has 0 saturated carbocycles. The van der Waals surface area contributed by atoms with Crippen LogP contribution in [0.25, 0.3) is 0 Å². The van der Waals surface area contributed by atoms with Gasteiger partial charge in [-0.25, -0.2) is 0 Å². The fourth-order valence-electron chi connectivity index (χ4n) is 1.56. The van der Waals surface area contributed by atoms with E-state index in [9.17, 15) is 5.11 Å². The van der Waals surface area contributed by atoms with Crippen molar-refractivity contribution in [1.82, 2.24) is 0 Å². The number of fused-ring (bicyclic) bond motifs is 1. The molecule has 0 aliphatic carbocycles. The molecule has 5 heteroatoms. The van der Waals surface area contributed by atoms with Gasteiger partial charge in [0, 0.05) is 18.6 Å². The van der Waals surface area contributed by atoms with E-state index in [2.05, 4.69) is 0 Å². The monoisotopic (exact) mass is 248 g/mol. The van der Waals surface area contributed by atoms with Gasteiger partial charge in [-0.15, -0.1) is 0 Å². The Kier molecular flexibility index (Phi) is 2.96. The Balaban J connectivity index is 2.34. The highest BCUT2D eigenvalue weighted by Crippen LogP contribution is 2.44. The van der Waals surface area contributed by atoms with Gasteiger partial charge in [-0.3, -0.25) is 0 Å². The summed E-state index contributed by atoms with van der Waals surface area (Å²) in [5.41, 5.74) is 0.820. The maximum atomic E-state index is 9.47. The quantitative estimate of drug-likeness (QED) is 0.875. The Labute approximate surface area is 97.5 Å². The lowest BCUT2D eigenvalue weighted by Gasteiger charge is -2.10. The standard InChI is InChI=1S/C10H10Cl2O3/c1-2-14-7-4-5-3-6(13)8(11)9(12)10(5)15-7/h3,7,13H,2,4H2,1H3. The SMILES string of the molecule is CCOC1Cc2cc(O)c(Cl)c(Cl)c2O1. The van der Waals surface area contributed by atoms with Crippen molar-refractivity contribution >= 4 is 23.2 Å². The highest BCUT2D eigenvalue weighted by molar-refractivity contribution is 6.44. The van der Waals surface area contributed by atoms with Crippen molar-refractivity contribution in [2.24, 2.45) is 0 Å². The van der Waals surface area contributed by atoms with Gasteiger partial charge in [0.25, 0.3) is 0 Å². The maximum Gasteiger partial charge on any atom is 0.204 e. The Bertz CT molecular complexity index is 393. The largest absolute Gasteiger partial charge is 0.506 e. The molecule has 0 saturated heterocycles. The highest BCUT2D eigenvalue weighted by Gasteiger charge is 2.28. The summed E-state index contributed by atoms with van der Waals surface area (Å²) in [4.78, 5) is 0. The summed E-state index contributed by atoms with van der Waals surface area (Å²) in [6.07, 6.45) is 0.244. The second kappa shape index (κ2) is 4.08. The summed E-state index contributed by atoms with van der Waals surface area (Å²) in [5.74, 6) is 0.485. The van der Waals surface area contributed by atoms with Crippen LogP contribution in [0.1, 0.15) is 12.5 Å². The molecule has 15 heavy (non-hydrogen) atoms. The molecule has 0 fully saturated rings. The number of phenolic OH excluding ortho intramolecular Hbond substituents is 1. The summed E-state index contributed by atoms with van der Waals surface area (Å²) in [5, 5.41) is 9.83. The van der Waals surface area contributed by atoms with Crippen LogP contribution in [-0.2, 0) is 11.2 Å². The Morgan fingerprint density at radius 2 is 2.27 bits per heavy atom. The van der Waals surface area contributed by atoms with Crippen LogP contribution in [0.3, 0.4) is 0 Å². The Morgan fingerprint density at radius 1 is 1.53 bits per heavy atom. The van der Waals surface area contributed by atoms with Gasteiger partial charge in [0.15, 0.2) is 0 Å². The lowest BCUT2D eigenvalue weighted by molar-refractivity contribution is -0.0602. The number of hydrogen-bond donors (Lipinski definition) is 1. The molecular formula is C10H10Cl2O3. The van der Waals surface area contributed by atoms with E-state index in [1.807, 2.05) is 6.92 Å². The van der Waals surface area contributed by atoms with Gasteiger partial charge >= 0.3 is 0 Å². The molecule has 1 aliphatic rings. The average molecular weight is 249 g/mol. The Hall–Kier alpha value is -0.640. The predicted molar refractivity (Wildman–Crippen MR) is 57.9 cm³/mol. The molecule has 2 rings (SSSR count). The molecule has 1 aromatic carbocycles. The van der Waals surface area contributed by atoms with Crippen molar-refractivity contribution in [3.05, 3.63) is 21.7 Å². The number of aromatic hydroxyl groups is 1. The molecule has 0 spiro atoms. The molecule has 82 valence electrons. The first-order valence-corrected chi connectivity index (χ1v) is 5.37. The number of ether oxygens (including phenoxy) is 2.